The Bertz CT molecular complexity index is 2970. The Hall–Kier alpha value is -3.68. The Morgan fingerprint density at radius 1 is 0.235 bits per heavy atom. The van der Waals surface area contributed by atoms with Crippen molar-refractivity contribution < 1.29 is 35.1 Å². The van der Waals surface area contributed by atoms with Crippen molar-refractivity contribution >= 4 is 0 Å². The van der Waals surface area contributed by atoms with Gasteiger partial charge in [0.2, 0.25) is 0 Å². The van der Waals surface area contributed by atoms with Crippen molar-refractivity contribution in [1.29, 1.82) is 0 Å². The molecule has 98 heavy (non-hydrogen) atoms. The normalized spacial score (nSPS) is 30.8. The highest BCUT2D eigenvalue weighted by atomic mass is 19.2. The lowest BCUT2D eigenvalue weighted by Crippen LogP contribution is -2.25. The second-order valence-corrected chi connectivity index (χ2v) is 33.5. The second-order valence-electron chi connectivity index (χ2n) is 33.5. The third kappa shape index (κ3) is 20.8. The third-order valence-corrected chi connectivity index (χ3v) is 27.7. The largest absolute Gasteiger partial charge is 0.203 e. The molecule has 0 atom stereocenters. The van der Waals surface area contributed by atoms with Gasteiger partial charge in [0, 0.05) is 0 Å². The zero-order valence-electron chi connectivity index (χ0n) is 62.6. The first-order chi connectivity index (χ1) is 47.5. The SMILES string of the molecule is CCC1CCC(C2CCC(c3ccc(C)c(F)c3F)CC2)CC1.CCCC1CCC(C2CCC(c3ccc(C)c(F)c3F)CC2)CC1.CCCc1ccc(C2CCC(C3CCC(CC)CC3)CC2)c(F)c1F.CCCc1ccc(C2CCC(C3CCC(CCC)CC3)CC2)c(F)c1F. The molecule has 0 spiro atoms. The van der Waals surface area contributed by atoms with E-state index >= 15 is 0 Å². The summed E-state index contributed by atoms with van der Waals surface area (Å²) in [5.74, 6) is 6.69. The van der Waals surface area contributed by atoms with E-state index in [9.17, 15) is 35.1 Å². The van der Waals surface area contributed by atoms with Gasteiger partial charge in [-0.25, -0.2) is 35.1 Å². The predicted octanol–water partition coefficient (Wildman–Crippen LogP) is 29.1. The van der Waals surface area contributed by atoms with Crippen LogP contribution in [0.15, 0.2) is 48.5 Å². The maximum Gasteiger partial charge on any atom is 0.162 e. The fourth-order valence-corrected chi connectivity index (χ4v) is 21.2. The van der Waals surface area contributed by atoms with Crippen LogP contribution in [0.25, 0.3) is 0 Å². The van der Waals surface area contributed by atoms with Crippen LogP contribution < -0.4 is 0 Å². The van der Waals surface area contributed by atoms with E-state index in [0.717, 1.165) is 135 Å². The predicted molar refractivity (Wildman–Crippen MR) is 394 cm³/mol. The van der Waals surface area contributed by atoms with E-state index in [1.807, 2.05) is 50.2 Å². The van der Waals surface area contributed by atoms with Crippen molar-refractivity contribution in [1.82, 2.24) is 0 Å². The van der Waals surface area contributed by atoms with Crippen LogP contribution in [-0.2, 0) is 12.8 Å². The van der Waals surface area contributed by atoms with Crippen molar-refractivity contribution in [3.8, 4) is 0 Å². The van der Waals surface area contributed by atoms with Crippen molar-refractivity contribution in [3.05, 3.63) is 140 Å². The average Bonchev–Trinajstić information content (AvgIpc) is 0.839. The summed E-state index contributed by atoms with van der Waals surface area (Å²) in [6.45, 7) is 16.5. The molecule has 0 nitrogen and oxygen atoms in total. The molecule has 0 saturated heterocycles. The molecular weight excluding hydrogens is 1230 g/mol. The van der Waals surface area contributed by atoms with E-state index in [1.165, 1.54) is 193 Å². The Labute approximate surface area is 591 Å². The van der Waals surface area contributed by atoms with Crippen LogP contribution in [-0.4, -0.2) is 0 Å². The van der Waals surface area contributed by atoms with Crippen LogP contribution in [0.2, 0.25) is 0 Å². The van der Waals surface area contributed by atoms with Crippen molar-refractivity contribution in [2.75, 3.05) is 0 Å². The lowest BCUT2D eigenvalue weighted by molar-refractivity contribution is 0.156. The molecule has 0 unspecified atom stereocenters. The summed E-state index contributed by atoms with van der Waals surface area (Å²) in [5, 5.41) is 0. The Kier molecular flexibility index (Phi) is 31.4. The maximum atomic E-state index is 14.6. The van der Waals surface area contributed by atoms with E-state index in [1.54, 1.807) is 26.0 Å². The van der Waals surface area contributed by atoms with Gasteiger partial charge in [-0.15, -0.1) is 0 Å². The number of hydrogen-bond donors (Lipinski definition) is 0. The third-order valence-electron chi connectivity index (χ3n) is 27.7. The molecule has 0 aliphatic heterocycles. The molecule has 0 amide bonds. The zero-order chi connectivity index (χ0) is 69.8. The van der Waals surface area contributed by atoms with E-state index in [-0.39, 0.29) is 23.7 Å². The van der Waals surface area contributed by atoms with Gasteiger partial charge in [-0.3, -0.25) is 0 Å². The minimum absolute atomic E-state index is 0.216. The number of hydrogen-bond acceptors (Lipinski definition) is 0. The molecule has 8 aliphatic carbocycles. The van der Waals surface area contributed by atoms with Crippen molar-refractivity contribution in [2.24, 2.45) is 71.0 Å². The van der Waals surface area contributed by atoms with Gasteiger partial charge in [0.25, 0.3) is 0 Å². The Balaban J connectivity index is 0.000000153. The molecule has 4 aromatic carbocycles. The molecule has 8 fully saturated rings. The first-order valence-electron chi connectivity index (χ1n) is 41.3. The summed E-state index contributed by atoms with van der Waals surface area (Å²) >= 11 is 0. The summed E-state index contributed by atoms with van der Waals surface area (Å²) in [7, 11) is 0. The molecule has 8 aliphatic rings. The van der Waals surface area contributed by atoms with E-state index in [0.29, 0.717) is 57.3 Å². The molecule has 8 saturated carbocycles. The highest BCUT2D eigenvalue weighted by Gasteiger charge is 2.37. The molecule has 8 heteroatoms. The Morgan fingerprint density at radius 3 is 0.673 bits per heavy atom. The minimum Gasteiger partial charge on any atom is -0.203 e. The van der Waals surface area contributed by atoms with Gasteiger partial charge in [-0.2, -0.15) is 0 Å². The standard InChI is InChI=1S/C24H36F2.C23H34F2.C22H32F2.C21H30F2/c1-3-5-17-7-9-18(10-8-17)19-11-13-20(14-12-19)22-16-15-21(6-4-2)23(25)24(22)26;1-3-5-20-14-15-21(23(25)22(20)24)19-12-10-18(11-13-19)17-8-6-16(4-2)7-9-17;1-3-4-16-6-8-17(9-7-16)18-10-12-19(13-11-18)20-14-5-15(2)21(23)22(20)24;1-3-15-5-7-16(8-6-15)17-9-11-18(12-10-17)19-13-4-14(2)20(22)21(19)23/h15-20H,3-14H2,1-2H3;14-19H,3-13H2,1-2H3;5,14,16-19H,3-4,6-13H2,1-2H3;4,13,15-18H,3,5-12H2,1-2H3. The minimum atomic E-state index is -0.650. The maximum absolute atomic E-state index is 14.6. The monoisotopic (exact) mass is 1370 g/mol. The van der Waals surface area contributed by atoms with E-state index in [4.69, 9.17) is 0 Å². The van der Waals surface area contributed by atoms with Crippen molar-refractivity contribution in [3.63, 3.8) is 0 Å². The number of benzene rings is 4. The summed E-state index contributed by atoms with van der Waals surface area (Å²) in [4.78, 5) is 0. The molecule has 12 rings (SSSR count). The molecule has 0 N–H and O–H groups in total. The molecular formula is C90H132F8. The van der Waals surface area contributed by atoms with Crippen LogP contribution >= 0.6 is 0 Å². The first kappa shape index (κ1) is 78.5. The average molecular weight is 1370 g/mol. The lowest BCUT2D eigenvalue weighted by Gasteiger charge is -2.38. The van der Waals surface area contributed by atoms with Gasteiger partial charge in [-0.05, 0) is 320 Å². The van der Waals surface area contributed by atoms with Gasteiger partial charge in [0.15, 0.2) is 46.5 Å². The van der Waals surface area contributed by atoms with Crippen LogP contribution in [0.4, 0.5) is 35.1 Å². The quantitative estimate of drug-likeness (QED) is 0.0871. The number of rotatable bonds is 18. The number of aryl methyl sites for hydroxylation is 4. The zero-order valence-corrected chi connectivity index (χ0v) is 62.6. The summed E-state index contributed by atoms with van der Waals surface area (Å²) in [6.07, 6.45) is 51.3. The van der Waals surface area contributed by atoms with Gasteiger partial charge in [-0.1, -0.05) is 193 Å². The van der Waals surface area contributed by atoms with Crippen LogP contribution in [0.1, 0.15) is 367 Å². The molecule has 0 radical (unpaired) electrons. The van der Waals surface area contributed by atoms with Gasteiger partial charge in [0.1, 0.15) is 0 Å². The molecule has 0 aromatic heterocycles. The fraction of sp³-hybridized carbons (Fsp3) is 0.733. The second kappa shape index (κ2) is 39.3. The van der Waals surface area contributed by atoms with Crippen LogP contribution in [0.3, 0.4) is 0 Å². The topological polar surface area (TPSA) is 0 Å². The van der Waals surface area contributed by atoms with Gasteiger partial charge < -0.3 is 0 Å². The van der Waals surface area contributed by atoms with Crippen LogP contribution in [0.5, 0.6) is 0 Å². The molecule has 4 aromatic rings. The lowest BCUT2D eigenvalue weighted by atomic mass is 9.68. The molecule has 0 bridgehead atoms. The Morgan fingerprint density at radius 2 is 0.449 bits per heavy atom. The van der Waals surface area contributed by atoms with E-state index < -0.39 is 46.5 Å². The van der Waals surface area contributed by atoms with Gasteiger partial charge in [0.05, 0.1) is 0 Å². The molecule has 548 valence electrons. The van der Waals surface area contributed by atoms with E-state index in [2.05, 4.69) is 27.7 Å². The van der Waals surface area contributed by atoms with Crippen LogP contribution in [0, 0.1) is 131 Å². The molecule has 0 heterocycles. The fourth-order valence-electron chi connectivity index (χ4n) is 21.2. The number of halogens is 8. The summed E-state index contributed by atoms with van der Waals surface area (Å²) in [5.41, 5.74) is 4.38. The van der Waals surface area contributed by atoms with Crippen molar-refractivity contribution in [2.45, 2.75) is 349 Å². The van der Waals surface area contributed by atoms with Gasteiger partial charge >= 0.3 is 0 Å². The highest BCUT2D eigenvalue weighted by Crippen LogP contribution is 2.50. The smallest absolute Gasteiger partial charge is 0.162 e. The summed E-state index contributed by atoms with van der Waals surface area (Å²) in [6, 6.07) is 14.4. The summed E-state index contributed by atoms with van der Waals surface area (Å²) < 4.78 is 114. The highest BCUT2D eigenvalue weighted by molar-refractivity contribution is 5.32. The first-order valence-corrected chi connectivity index (χ1v) is 41.3.